The van der Waals surface area contributed by atoms with Crippen LogP contribution in [0.5, 0.6) is 5.75 Å². The fourth-order valence-corrected chi connectivity index (χ4v) is 10.3. The summed E-state index contributed by atoms with van der Waals surface area (Å²) in [6.45, 7) is 13.7. The summed E-state index contributed by atoms with van der Waals surface area (Å²) in [6.07, 6.45) is 4.36. The molecule has 9 rings (SSSR count). The van der Waals surface area contributed by atoms with Crippen LogP contribution < -0.4 is 10.7 Å². The van der Waals surface area contributed by atoms with Crippen molar-refractivity contribution in [3.05, 3.63) is 71.5 Å². The van der Waals surface area contributed by atoms with Crippen LogP contribution >= 0.6 is 54.0 Å². The molecule has 0 spiro atoms. The van der Waals surface area contributed by atoms with Crippen molar-refractivity contribution in [2.24, 2.45) is 17.3 Å². The van der Waals surface area contributed by atoms with Crippen molar-refractivity contribution >= 4 is 88.6 Å². The number of aryl methyl sites for hydroxylation is 1. The third-order valence-electron chi connectivity index (χ3n) is 13.5. The molecule has 4 aliphatic heterocycles. The second-order valence-corrected chi connectivity index (χ2v) is 19.2. The fraction of sp³-hybridized carbons (Fsp3) is 0.531. The lowest BCUT2D eigenvalue weighted by molar-refractivity contribution is -0.160. The number of nitrogens with zero attached hydrogens (tertiary/aromatic N) is 4. The minimum Gasteiger partial charge on any atom is -0.508 e. The SMILES string of the molecule is CCn1c(-c2cccnc2[C@H](C)OC)c2c3cc(ccc31)-c1cc(O)cc(c1)C[C@H](NC(=O)[C@H](C(C)C)N(C)C(=O)C13CC(CO1)C3)C(=O)N1CCC[C@H](N1)C(=O)OCC(C)(C)C2.S.S.S.S. The summed E-state index contributed by atoms with van der Waals surface area (Å²) in [5.74, 6) is -1.54. The molecule has 3 amide bonds. The molecule has 3 N–H and O–H groups in total. The van der Waals surface area contributed by atoms with Crippen LogP contribution in [0.15, 0.2) is 54.7 Å². The van der Waals surface area contributed by atoms with Gasteiger partial charge in [-0.25, -0.2) is 5.43 Å². The smallest absolute Gasteiger partial charge is 0.324 e. The van der Waals surface area contributed by atoms with Crippen molar-refractivity contribution in [2.75, 3.05) is 33.9 Å². The molecular weight excluding hydrogens is 929 g/mol. The van der Waals surface area contributed by atoms with Crippen LogP contribution in [0.1, 0.15) is 90.2 Å². The summed E-state index contributed by atoms with van der Waals surface area (Å²) < 4.78 is 20.1. The van der Waals surface area contributed by atoms with Crippen LogP contribution in [0.3, 0.4) is 0 Å². The Balaban J connectivity index is 0.00000245. The first kappa shape index (κ1) is 55.7. The number of fused-ring (bicyclic) bond motifs is 7. The quantitative estimate of drug-likeness (QED) is 0.157. The summed E-state index contributed by atoms with van der Waals surface area (Å²) in [5.41, 5.74) is 8.79. The van der Waals surface area contributed by atoms with Gasteiger partial charge in [0.05, 0.1) is 30.7 Å². The molecule has 6 heterocycles. The Hall–Kier alpha value is -3.91. The van der Waals surface area contributed by atoms with Gasteiger partial charge in [0.15, 0.2) is 0 Å². The average Bonchev–Trinajstić information content (AvgIpc) is 3.96. The number of phenols is 1. The number of aromatic hydroxyl groups is 1. The molecule has 0 unspecified atom stereocenters. The minimum atomic E-state index is -1.12. The number of hydrogen-bond donors (Lipinski definition) is 3. The van der Waals surface area contributed by atoms with Gasteiger partial charge in [0.1, 0.15) is 29.5 Å². The number of aromatic nitrogens is 2. The number of rotatable bonds is 9. The van der Waals surface area contributed by atoms with Gasteiger partial charge in [-0.2, -0.15) is 54.0 Å². The Morgan fingerprint density at radius 3 is 2.43 bits per heavy atom. The summed E-state index contributed by atoms with van der Waals surface area (Å²) in [4.78, 5) is 63.1. The van der Waals surface area contributed by atoms with Crippen molar-refractivity contribution in [1.82, 2.24) is 30.2 Å². The number of cyclic esters (lactones) is 1. The van der Waals surface area contributed by atoms with Gasteiger partial charge in [0.25, 0.3) is 11.8 Å². The highest BCUT2D eigenvalue weighted by atomic mass is 32.1. The van der Waals surface area contributed by atoms with Gasteiger partial charge in [0.2, 0.25) is 5.91 Å². The molecule has 4 atom stereocenters. The minimum absolute atomic E-state index is 0. The number of esters is 1. The van der Waals surface area contributed by atoms with Crippen molar-refractivity contribution in [3.63, 3.8) is 0 Å². The van der Waals surface area contributed by atoms with E-state index in [0.29, 0.717) is 63.3 Å². The Morgan fingerprint density at radius 1 is 1.04 bits per heavy atom. The van der Waals surface area contributed by atoms with Gasteiger partial charge in [0, 0.05) is 61.7 Å². The van der Waals surface area contributed by atoms with E-state index in [9.17, 15) is 24.3 Å². The monoisotopic (exact) mass is 998 g/mol. The molecule has 18 heteroatoms. The molecule has 1 saturated carbocycles. The number of hydrazine groups is 1. The van der Waals surface area contributed by atoms with Gasteiger partial charge in [-0.1, -0.05) is 39.8 Å². The number of carbonyl (C=O) groups is 4. The van der Waals surface area contributed by atoms with Gasteiger partial charge in [-0.3, -0.25) is 29.2 Å². The molecular formula is C49H70N6O8S4. The van der Waals surface area contributed by atoms with E-state index in [1.807, 2.05) is 39.0 Å². The van der Waals surface area contributed by atoms with Gasteiger partial charge in [-0.05, 0) is 116 Å². The Bertz CT molecular complexity index is 2440. The lowest BCUT2D eigenvalue weighted by Gasteiger charge is -2.41. The van der Waals surface area contributed by atoms with Gasteiger partial charge >= 0.3 is 5.97 Å². The maximum absolute atomic E-state index is 14.7. The maximum Gasteiger partial charge on any atom is 0.324 e. The second kappa shape index (κ2) is 22.2. The van der Waals surface area contributed by atoms with Crippen molar-refractivity contribution in [1.29, 1.82) is 0 Å². The number of methoxy groups -OCH3 is 1. The van der Waals surface area contributed by atoms with E-state index in [0.717, 1.165) is 44.5 Å². The van der Waals surface area contributed by atoms with E-state index in [-0.39, 0.29) is 90.7 Å². The number of carbonyl (C=O) groups excluding carboxylic acids is 4. The fourth-order valence-electron chi connectivity index (χ4n) is 10.3. The van der Waals surface area contributed by atoms with Crippen molar-refractivity contribution < 1.29 is 38.5 Å². The third-order valence-corrected chi connectivity index (χ3v) is 13.5. The first-order chi connectivity index (χ1) is 30.0. The molecule has 5 aliphatic rings. The number of ether oxygens (including phenoxy) is 3. The van der Waals surface area contributed by atoms with Crippen molar-refractivity contribution in [2.45, 2.75) is 116 Å². The maximum atomic E-state index is 14.7. The number of nitrogens with one attached hydrogen (secondary N) is 2. The molecule has 4 fully saturated rings. The predicted octanol–water partition coefficient (Wildman–Crippen LogP) is 6.56. The number of pyridine rings is 1. The normalized spacial score (nSPS) is 22.9. The number of likely N-dealkylation sites (N-methyl/N-ethyl adjacent to an activating group) is 1. The Labute approximate surface area is 422 Å². The second-order valence-electron chi connectivity index (χ2n) is 19.2. The van der Waals surface area contributed by atoms with Crippen LogP contribution in [-0.4, -0.2) is 106 Å². The predicted molar refractivity (Wildman–Crippen MR) is 280 cm³/mol. The number of benzene rings is 2. The highest BCUT2D eigenvalue weighted by Gasteiger charge is 2.59. The molecule has 3 saturated heterocycles. The van der Waals surface area contributed by atoms with Crippen LogP contribution in [0.2, 0.25) is 0 Å². The summed E-state index contributed by atoms with van der Waals surface area (Å²) in [5, 5.41) is 16.7. The highest BCUT2D eigenvalue weighted by Crippen LogP contribution is 2.49. The molecule has 67 heavy (non-hydrogen) atoms. The lowest BCUT2D eigenvalue weighted by atomic mass is 9.73. The van der Waals surface area contributed by atoms with Crippen LogP contribution in [0.4, 0.5) is 0 Å². The molecule has 0 radical (unpaired) electrons. The van der Waals surface area contributed by atoms with E-state index in [4.69, 9.17) is 19.2 Å². The Kier molecular flexibility index (Phi) is 18.5. The van der Waals surface area contributed by atoms with Gasteiger partial charge in [-0.15, -0.1) is 0 Å². The molecule has 4 aromatic rings. The largest absolute Gasteiger partial charge is 0.508 e. The van der Waals surface area contributed by atoms with E-state index in [2.05, 4.69) is 54.3 Å². The third kappa shape index (κ3) is 10.9. The van der Waals surface area contributed by atoms with Crippen LogP contribution in [0, 0.1) is 17.3 Å². The average molecular weight is 999 g/mol. The zero-order valence-corrected chi connectivity index (χ0v) is 43.8. The standard InChI is InChI=1S/C49H62N6O8.4H2S/c1-9-54-40-15-14-32-22-36(40)37(43(54)35-12-10-16-50-41(35)29(4)61-8)25-48(5,6)27-62-46(59)38-13-11-17-55(52-38)45(58)39(20-30-18-33(32)21-34(56)19-30)51-44(57)42(28(2)3)53(7)47(60)49-23-31(24-49)26-63-49;;;;/h10,12,14-16,18-19,21-22,28-29,31,38-39,42,52,56H,9,11,13,17,20,23-27H2,1-8H3,(H,51,57);4*1H2/t29-,31?,38-,39-,42-,49?;;;;/m0..../s1. The molecule has 14 nitrogen and oxygen atoms in total. The summed E-state index contributed by atoms with van der Waals surface area (Å²) >= 11 is 0. The first-order valence-electron chi connectivity index (χ1n) is 22.4. The van der Waals surface area contributed by atoms with Crippen LogP contribution in [0.25, 0.3) is 33.3 Å². The lowest BCUT2D eigenvalue weighted by Crippen LogP contribution is -2.63. The van der Waals surface area contributed by atoms with E-state index >= 15 is 0 Å². The number of amides is 3. The summed E-state index contributed by atoms with van der Waals surface area (Å²) in [6, 6.07) is 12.8. The molecule has 1 aliphatic carbocycles. The van der Waals surface area contributed by atoms with Crippen molar-refractivity contribution in [3.8, 4) is 28.1 Å². The van der Waals surface area contributed by atoms with Crippen LogP contribution in [-0.2, 0) is 52.8 Å². The topological polar surface area (TPSA) is 165 Å². The molecule has 2 aromatic carbocycles. The van der Waals surface area contributed by atoms with Gasteiger partial charge < -0.3 is 34.1 Å². The zero-order valence-electron chi connectivity index (χ0n) is 39.8. The number of phenolic OH excluding ortho intramolecular Hbond substituents is 1. The summed E-state index contributed by atoms with van der Waals surface area (Å²) in [7, 11) is 3.31. The van der Waals surface area contributed by atoms with E-state index in [1.165, 1.54) is 9.91 Å². The Morgan fingerprint density at radius 2 is 1.78 bits per heavy atom. The molecule has 368 valence electrons. The zero-order chi connectivity index (χ0) is 45.0. The molecule has 8 bridgehead atoms. The van der Waals surface area contributed by atoms with E-state index in [1.54, 1.807) is 32.5 Å². The first-order valence-corrected chi connectivity index (χ1v) is 22.4. The highest BCUT2D eigenvalue weighted by molar-refractivity contribution is 7.59. The number of hydrogen-bond acceptors (Lipinski definition) is 10. The van der Waals surface area contributed by atoms with E-state index < -0.39 is 46.9 Å². The molecule has 2 aromatic heterocycles.